The highest BCUT2D eigenvalue weighted by Crippen LogP contribution is 2.29. The number of thiocarbonyl (C=S) groups is 1. The van der Waals surface area contributed by atoms with E-state index in [4.69, 9.17) is 18.0 Å². The van der Waals surface area contributed by atoms with Gasteiger partial charge in [0.15, 0.2) is 5.13 Å². The molecule has 20 heavy (non-hydrogen) atoms. The van der Waals surface area contributed by atoms with Gasteiger partial charge < -0.3 is 11.1 Å². The molecule has 7 heteroatoms. The fourth-order valence-electron chi connectivity index (χ4n) is 1.75. The van der Waals surface area contributed by atoms with E-state index in [1.54, 1.807) is 0 Å². The molecule has 3 nitrogen and oxygen atoms in total. The van der Waals surface area contributed by atoms with Gasteiger partial charge >= 0.3 is 0 Å². The van der Waals surface area contributed by atoms with E-state index in [2.05, 4.69) is 10.3 Å². The van der Waals surface area contributed by atoms with E-state index in [1.165, 1.54) is 11.3 Å². The summed E-state index contributed by atoms with van der Waals surface area (Å²) >= 11 is 6.06. The zero-order valence-corrected chi connectivity index (χ0v) is 12.6. The summed E-state index contributed by atoms with van der Waals surface area (Å²) in [4.78, 5) is 5.26. The number of hydrogen-bond acceptors (Lipinski definition) is 4. The first kappa shape index (κ1) is 14.8. The molecule has 2 rings (SSSR count). The highest BCUT2D eigenvalue weighted by Gasteiger charge is 2.15. The number of benzene rings is 1. The van der Waals surface area contributed by atoms with Gasteiger partial charge in [-0.15, -0.1) is 11.3 Å². The molecular formula is C13H13F2N3S2. The Morgan fingerprint density at radius 1 is 1.40 bits per heavy atom. The molecule has 0 bridgehead atoms. The van der Waals surface area contributed by atoms with Gasteiger partial charge in [0, 0.05) is 10.4 Å². The zero-order chi connectivity index (χ0) is 14.9. The molecule has 0 aliphatic rings. The minimum Gasteiger partial charge on any atom is -0.389 e. The van der Waals surface area contributed by atoms with Crippen molar-refractivity contribution in [2.45, 2.75) is 20.3 Å². The highest BCUT2D eigenvalue weighted by atomic mass is 32.1. The van der Waals surface area contributed by atoms with Crippen molar-refractivity contribution >= 4 is 39.4 Å². The zero-order valence-electron chi connectivity index (χ0n) is 11.0. The average Bonchev–Trinajstić information content (AvgIpc) is 2.73. The Morgan fingerprint density at radius 2 is 2.00 bits per heavy atom. The van der Waals surface area contributed by atoms with Gasteiger partial charge in [-0.2, -0.15) is 0 Å². The molecular weight excluding hydrogens is 300 g/mol. The lowest BCUT2D eigenvalue weighted by Gasteiger charge is -2.08. The van der Waals surface area contributed by atoms with Crippen LogP contribution in [0.4, 0.5) is 19.6 Å². The number of nitrogens with one attached hydrogen (secondary N) is 1. The summed E-state index contributed by atoms with van der Waals surface area (Å²) < 4.78 is 27.8. The lowest BCUT2D eigenvalue weighted by molar-refractivity contribution is 0.590. The van der Waals surface area contributed by atoms with Crippen molar-refractivity contribution in [1.82, 2.24) is 4.98 Å². The summed E-state index contributed by atoms with van der Waals surface area (Å²) in [6.07, 6.45) is 0.773. The summed E-state index contributed by atoms with van der Waals surface area (Å²) in [7, 11) is 0. The number of aromatic nitrogens is 1. The molecule has 0 spiro atoms. The maximum absolute atomic E-state index is 13.9. The molecule has 0 saturated carbocycles. The minimum absolute atomic E-state index is 0.0484. The van der Waals surface area contributed by atoms with Crippen LogP contribution in [0.2, 0.25) is 0 Å². The van der Waals surface area contributed by atoms with Crippen molar-refractivity contribution < 1.29 is 8.78 Å². The van der Waals surface area contributed by atoms with E-state index in [0.717, 1.165) is 29.1 Å². The first-order valence-electron chi connectivity index (χ1n) is 5.94. The molecule has 0 fully saturated rings. The summed E-state index contributed by atoms with van der Waals surface area (Å²) in [6.45, 7) is 3.90. The van der Waals surface area contributed by atoms with Crippen LogP contribution in [0.15, 0.2) is 12.1 Å². The van der Waals surface area contributed by atoms with Crippen molar-refractivity contribution in [3.8, 4) is 0 Å². The van der Waals surface area contributed by atoms with Crippen molar-refractivity contribution in [3.63, 3.8) is 0 Å². The van der Waals surface area contributed by atoms with Crippen LogP contribution in [0.5, 0.6) is 0 Å². The number of aryl methyl sites for hydroxylation is 2. The Labute approximate surface area is 124 Å². The maximum atomic E-state index is 13.9. The molecule has 0 aliphatic carbocycles. The third-order valence-corrected chi connectivity index (χ3v) is 3.95. The molecule has 1 aromatic carbocycles. The van der Waals surface area contributed by atoms with Gasteiger partial charge in [-0.3, -0.25) is 0 Å². The molecule has 0 atom stereocenters. The predicted molar refractivity (Wildman–Crippen MR) is 81.8 cm³/mol. The molecule has 0 saturated heterocycles. The Balaban J connectivity index is 2.35. The summed E-state index contributed by atoms with van der Waals surface area (Å²) in [5.74, 6) is -1.50. The molecule has 0 aliphatic heterocycles. The van der Waals surface area contributed by atoms with Gasteiger partial charge in [-0.25, -0.2) is 13.8 Å². The maximum Gasteiger partial charge on any atom is 0.187 e. The normalized spacial score (nSPS) is 10.6. The van der Waals surface area contributed by atoms with Crippen LogP contribution < -0.4 is 11.1 Å². The van der Waals surface area contributed by atoms with Crippen molar-refractivity contribution in [2.24, 2.45) is 5.73 Å². The first-order chi connectivity index (χ1) is 9.42. The Morgan fingerprint density at radius 3 is 2.45 bits per heavy atom. The topological polar surface area (TPSA) is 50.9 Å². The lowest BCUT2D eigenvalue weighted by atomic mass is 10.2. The third-order valence-electron chi connectivity index (χ3n) is 2.79. The van der Waals surface area contributed by atoms with Gasteiger partial charge in [-0.05, 0) is 25.5 Å². The summed E-state index contributed by atoms with van der Waals surface area (Å²) in [5.41, 5.74) is 6.19. The van der Waals surface area contributed by atoms with E-state index < -0.39 is 11.6 Å². The van der Waals surface area contributed by atoms with Gasteiger partial charge in [-0.1, -0.05) is 19.1 Å². The molecule has 0 amide bonds. The Hall–Kier alpha value is -1.60. The standard InChI is InChI=1S/C13H13F2N3S2/c1-3-10-6(2)20-13(17-10)18-11-8(14)4-7(12(16)19)5-9(11)15/h4-5H,3H2,1-2H3,(H2,16,19)(H,17,18). The quantitative estimate of drug-likeness (QED) is 0.846. The lowest BCUT2D eigenvalue weighted by Crippen LogP contribution is -2.11. The van der Waals surface area contributed by atoms with E-state index in [-0.39, 0.29) is 16.2 Å². The van der Waals surface area contributed by atoms with Crippen LogP contribution in [-0.2, 0) is 6.42 Å². The van der Waals surface area contributed by atoms with E-state index >= 15 is 0 Å². The number of nitrogens with zero attached hydrogens (tertiary/aromatic N) is 1. The van der Waals surface area contributed by atoms with Crippen molar-refractivity contribution in [3.05, 3.63) is 39.9 Å². The van der Waals surface area contributed by atoms with Crippen LogP contribution >= 0.6 is 23.6 Å². The second-order valence-electron chi connectivity index (χ2n) is 4.18. The first-order valence-corrected chi connectivity index (χ1v) is 7.17. The molecule has 0 unspecified atom stereocenters. The van der Waals surface area contributed by atoms with Crippen LogP contribution in [-0.4, -0.2) is 9.97 Å². The van der Waals surface area contributed by atoms with E-state index in [0.29, 0.717) is 5.13 Å². The molecule has 1 aromatic heterocycles. The molecule has 106 valence electrons. The highest BCUT2D eigenvalue weighted by molar-refractivity contribution is 7.80. The summed E-state index contributed by atoms with van der Waals surface area (Å²) in [6, 6.07) is 2.21. The number of nitrogens with two attached hydrogens (primary N) is 1. The minimum atomic E-state index is -0.751. The number of rotatable bonds is 4. The van der Waals surface area contributed by atoms with Gasteiger partial charge in [0.05, 0.1) is 5.69 Å². The second-order valence-corrected chi connectivity index (χ2v) is 5.82. The predicted octanol–water partition coefficient (Wildman–Crippen LogP) is 3.67. The number of anilines is 2. The van der Waals surface area contributed by atoms with Crippen molar-refractivity contribution in [2.75, 3.05) is 5.32 Å². The van der Waals surface area contributed by atoms with E-state index in [9.17, 15) is 8.78 Å². The average molecular weight is 313 g/mol. The Kier molecular flexibility index (Phi) is 4.29. The number of thiazole rings is 1. The number of hydrogen-bond donors (Lipinski definition) is 2. The summed E-state index contributed by atoms with van der Waals surface area (Å²) in [5, 5.41) is 3.13. The molecule has 3 N–H and O–H groups in total. The fraction of sp³-hybridized carbons (Fsp3) is 0.231. The fourth-order valence-corrected chi connectivity index (χ4v) is 2.78. The van der Waals surface area contributed by atoms with Crippen LogP contribution in [0, 0.1) is 18.6 Å². The van der Waals surface area contributed by atoms with Crippen LogP contribution in [0.1, 0.15) is 23.1 Å². The Bertz CT molecular complexity index is 645. The van der Waals surface area contributed by atoms with Crippen molar-refractivity contribution in [1.29, 1.82) is 0 Å². The smallest absolute Gasteiger partial charge is 0.187 e. The number of halogens is 2. The third kappa shape index (κ3) is 2.94. The van der Waals surface area contributed by atoms with Crippen LogP contribution in [0.3, 0.4) is 0 Å². The second kappa shape index (κ2) is 5.80. The molecule has 1 heterocycles. The van der Waals surface area contributed by atoms with E-state index in [1.807, 2.05) is 13.8 Å². The van der Waals surface area contributed by atoms with Crippen LogP contribution in [0.25, 0.3) is 0 Å². The van der Waals surface area contributed by atoms with Gasteiger partial charge in [0.2, 0.25) is 0 Å². The van der Waals surface area contributed by atoms with Gasteiger partial charge in [0.25, 0.3) is 0 Å². The van der Waals surface area contributed by atoms with Gasteiger partial charge in [0.1, 0.15) is 22.3 Å². The monoisotopic (exact) mass is 313 g/mol. The SMILES string of the molecule is CCc1nc(Nc2c(F)cc(C(N)=S)cc2F)sc1C. The molecule has 0 radical (unpaired) electrons. The molecule has 2 aromatic rings. The largest absolute Gasteiger partial charge is 0.389 e.